The van der Waals surface area contributed by atoms with Crippen LogP contribution in [-0.2, 0) is 6.54 Å². The zero-order valence-corrected chi connectivity index (χ0v) is 15.9. The number of pyridine rings is 1. The summed E-state index contributed by atoms with van der Waals surface area (Å²) in [4.78, 5) is 17.1. The highest BCUT2D eigenvalue weighted by atomic mass is 35.5. The van der Waals surface area contributed by atoms with Gasteiger partial charge in [-0.15, -0.1) is 0 Å². The number of halogens is 1. The maximum Gasteiger partial charge on any atom is 0.255 e. The van der Waals surface area contributed by atoms with Gasteiger partial charge in [-0.3, -0.25) is 4.79 Å². The third-order valence-corrected chi connectivity index (χ3v) is 4.63. The number of nitrogens with one attached hydrogen (secondary N) is 2. The average molecular weight is 396 g/mol. The number of aromatic nitrogens is 1. The first-order chi connectivity index (χ1) is 13.6. The molecule has 1 aliphatic heterocycles. The Kier molecular flexibility index (Phi) is 5.04. The number of nitrogens with zero attached hydrogens (tertiary/aromatic N) is 1. The number of aryl methyl sites for hydroxylation is 1. The third-order valence-electron chi connectivity index (χ3n) is 4.40. The monoisotopic (exact) mass is 395 g/mol. The van der Waals surface area contributed by atoms with Crippen molar-refractivity contribution in [1.29, 1.82) is 0 Å². The highest BCUT2D eigenvalue weighted by molar-refractivity contribution is 6.30. The Hall–Kier alpha value is -3.25. The van der Waals surface area contributed by atoms with E-state index in [1.54, 1.807) is 24.4 Å². The van der Waals surface area contributed by atoms with Gasteiger partial charge in [0, 0.05) is 23.5 Å². The van der Waals surface area contributed by atoms with E-state index in [0.29, 0.717) is 34.4 Å². The lowest BCUT2D eigenvalue weighted by atomic mass is 10.1. The van der Waals surface area contributed by atoms with E-state index in [9.17, 15) is 4.79 Å². The van der Waals surface area contributed by atoms with Crippen molar-refractivity contribution in [2.75, 3.05) is 12.1 Å². The number of hydrogen-bond donors (Lipinski definition) is 2. The summed E-state index contributed by atoms with van der Waals surface area (Å²) < 4.78 is 10.7. The third kappa shape index (κ3) is 3.87. The maximum atomic E-state index is 12.7. The van der Waals surface area contributed by atoms with Crippen LogP contribution in [0.4, 0.5) is 11.5 Å². The normalized spacial score (nSPS) is 11.9. The predicted octanol–water partition coefficient (Wildman–Crippen LogP) is 4.45. The topological polar surface area (TPSA) is 72.5 Å². The lowest BCUT2D eigenvalue weighted by Gasteiger charge is -2.13. The van der Waals surface area contributed by atoms with Crippen molar-refractivity contribution in [2.24, 2.45) is 0 Å². The molecule has 1 aromatic heterocycles. The minimum Gasteiger partial charge on any atom is -0.454 e. The van der Waals surface area contributed by atoms with E-state index in [2.05, 4.69) is 15.6 Å². The SMILES string of the molecule is Cc1ccc(Cl)cc1Nc1ncccc1C(=O)NCc1ccc2c(c1)OCO2. The van der Waals surface area contributed by atoms with Crippen molar-refractivity contribution >= 4 is 29.0 Å². The van der Waals surface area contributed by atoms with Crippen LogP contribution < -0.4 is 20.1 Å². The van der Waals surface area contributed by atoms with Crippen LogP contribution in [0.3, 0.4) is 0 Å². The van der Waals surface area contributed by atoms with Gasteiger partial charge < -0.3 is 20.1 Å². The molecule has 0 atom stereocenters. The lowest BCUT2D eigenvalue weighted by molar-refractivity contribution is 0.0951. The molecule has 7 heteroatoms. The highest BCUT2D eigenvalue weighted by Gasteiger charge is 2.16. The minimum absolute atomic E-state index is 0.221. The van der Waals surface area contributed by atoms with Gasteiger partial charge in [-0.2, -0.15) is 0 Å². The van der Waals surface area contributed by atoms with Gasteiger partial charge in [-0.25, -0.2) is 4.98 Å². The van der Waals surface area contributed by atoms with E-state index < -0.39 is 0 Å². The molecular weight excluding hydrogens is 378 g/mol. The first-order valence-electron chi connectivity index (χ1n) is 8.75. The number of fused-ring (bicyclic) bond motifs is 1. The first-order valence-corrected chi connectivity index (χ1v) is 9.13. The molecule has 0 saturated carbocycles. The number of ether oxygens (including phenoxy) is 2. The Morgan fingerprint density at radius 1 is 1.14 bits per heavy atom. The average Bonchev–Trinajstić information content (AvgIpc) is 3.17. The zero-order chi connectivity index (χ0) is 19.5. The van der Waals surface area contributed by atoms with Crippen LogP contribution in [-0.4, -0.2) is 17.7 Å². The van der Waals surface area contributed by atoms with E-state index in [1.165, 1.54) is 0 Å². The second-order valence-corrected chi connectivity index (χ2v) is 6.79. The zero-order valence-electron chi connectivity index (χ0n) is 15.2. The number of anilines is 2. The molecule has 0 spiro atoms. The molecule has 0 unspecified atom stereocenters. The Bertz CT molecular complexity index is 1040. The molecule has 2 N–H and O–H groups in total. The number of hydrogen-bond acceptors (Lipinski definition) is 5. The molecule has 6 nitrogen and oxygen atoms in total. The number of carbonyl (C=O) groups excluding carboxylic acids is 1. The summed E-state index contributed by atoms with van der Waals surface area (Å²) in [7, 11) is 0. The predicted molar refractivity (Wildman–Crippen MR) is 107 cm³/mol. The van der Waals surface area contributed by atoms with Crippen LogP contribution in [0, 0.1) is 6.92 Å². The fraction of sp³-hybridized carbons (Fsp3) is 0.143. The van der Waals surface area contributed by atoms with Gasteiger partial charge in [0.25, 0.3) is 5.91 Å². The van der Waals surface area contributed by atoms with Gasteiger partial charge in [-0.05, 0) is 54.4 Å². The number of carbonyl (C=O) groups is 1. The quantitative estimate of drug-likeness (QED) is 0.668. The van der Waals surface area contributed by atoms with E-state index in [0.717, 1.165) is 16.8 Å². The molecule has 0 bridgehead atoms. The van der Waals surface area contributed by atoms with Gasteiger partial charge >= 0.3 is 0 Å². The molecule has 2 aromatic carbocycles. The van der Waals surface area contributed by atoms with Gasteiger partial charge in [0.15, 0.2) is 11.5 Å². The number of benzene rings is 2. The smallest absolute Gasteiger partial charge is 0.255 e. The van der Waals surface area contributed by atoms with Crippen LogP contribution >= 0.6 is 11.6 Å². The summed E-state index contributed by atoms with van der Waals surface area (Å²) in [6.07, 6.45) is 1.64. The second kappa shape index (κ2) is 7.78. The van der Waals surface area contributed by atoms with Crippen molar-refractivity contribution in [1.82, 2.24) is 10.3 Å². The van der Waals surface area contributed by atoms with Crippen LogP contribution in [0.1, 0.15) is 21.5 Å². The standard InChI is InChI=1S/C21H18ClN3O3/c1-13-4-6-15(22)10-17(13)25-20-16(3-2-8-23-20)21(26)24-11-14-5-7-18-19(9-14)28-12-27-18/h2-10H,11-12H2,1H3,(H,23,25)(H,24,26). The van der Waals surface area contributed by atoms with Crippen molar-refractivity contribution in [3.05, 3.63) is 76.4 Å². The molecule has 1 aliphatic rings. The van der Waals surface area contributed by atoms with Gasteiger partial charge in [0.05, 0.1) is 5.56 Å². The molecule has 1 amide bonds. The largest absolute Gasteiger partial charge is 0.454 e. The molecule has 0 radical (unpaired) electrons. The Morgan fingerprint density at radius 3 is 2.89 bits per heavy atom. The number of amides is 1. The lowest BCUT2D eigenvalue weighted by Crippen LogP contribution is -2.24. The molecule has 0 fully saturated rings. The van der Waals surface area contributed by atoms with Crippen molar-refractivity contribution in [3.63, 3.8) is 0 Å². The van der Waals surface area contributed by atoms with E-state index in [4.69, 9.17) is 21.1 Å². The summed E-state index contributed by atoms with van der Waals surface area (Å²) in [5.74, 6) is 1.64. The molecule has 0 aliphatic carbocycles. The minimum atomic E-state index is -0.229. The van der Waals surface area contributed by atoms with Crippen molar-refractivity contribution in [3.8, 4) is 11.5 Å². The van der Waals surface area contributed by atoms with E-state index >= 15 is 0 Å². The molecule has 3 aromatic rings. The van der Waals surface area contributed by atoms with Crippen LogP contribution in [0.5, 0.6) is 11.5 Å². The van der Waals surface area contributed by atoms with Crippen LogP contribution in [0.25, 0.3) is 0 Å². The summed E-state index contributed by atoms with van der Waals surface area (Å²) in [5.41, 5.74) is 3.17. The molecule has 28 heavy (non-hydrogen) atoms. The number of rotatable bonds is 5. The van der Waals surface area contributed by atoms with E-state index in [-0.39, 0.29) is 12.7 Å². The highest BCUT2D eigenvalue weighted by Crippen LogP contribution is 2.32. The fourth-order valence-corrected chi connectivity index (χ4v) is 3.05. The fourth-order valence-electron chi connectivity index (χ4n) is 2.87. The molecular formula is C21H18ClN3O3. The Balaban J connectivity index is 1.49. The maximum absolute atomic E-state index is 12.7. The van der Waals surface area contributed by atoms with Crippen LogP contribution in [0.2, 0.25) is 5.02 Å². The van der Waals surface area contributed by atoms with Gasteiger partial charge in [-0.1, -0.05) is 23.7 Å². The molecule has 142 valence electrons. The summed E-state index contributed by atoms with van der Waals surface area (Å²) in [6, 6.07) is 14.6. The second-order valence-electron chi connectivity index (χ2n) is 6.35. The Morgan fingerprint density at radius 2 is 2.00 bits per heavy atom. The van der Waals surface area contributed by atoms with Crippen molar-refractivity contribution in [2.45, 2.75) is 13.5 Å². The van der Waals surface area contributed by atoms with E-state index in [1.807, 2.05) is 37.3 Å². The summed E-state index contributed by atoms with van der Waals surface area (Å²) in [5, 5.41) is 6.73. The molecule has 4 rings (SSSR count). The Labute approximate surface area is 167 Å². The summed E-state index contributed by atoms with van der Waals surface area (Å²) in [6.45, 7) is 2.54. The summed E-state index contributed by atoms with van der Waals surface area (Å²) >= 11 is 6.08. The first kappa shape index (κ1) is 18.1. The van der Waals surface area contributed by atoms with Crippen LogP contribution in [0.15, 0.2) is 54.7 Å². The molecule has 0 saturated heterocycles. The molecule has 2 heterocycles. The van der Waals surface area contributed by atoms with Crippen molar-refractivity contribution < 1.29 is 14.3 Å². The van der Waals surface area contributed by atoms with Gasteiger partial charge in [0.1, 0.15) is 5.82 Å². The van der Waals surface area contributed by atoms with Gasteiger partial charge in [0.2, 0.25) is 6.79 Å².